The first-order chi connectivity index (χ1) is 5.66. The molecule has 0 aliphatic rings. The van der Waals surface area contributed by atoms with E-state index < -0.39 is 5.91 Å². The molecule has 0 bridgehead atoms. The Bertz CT molecular complexity index is 314. The highest BCUT2D eigenvalue weighted by molar-refractivity contribution is 5.97. The van der Waals surface area contributed by atoms with Gasteiger partial charge in [0.2, 0.25) is 0 Å². The third-order valence-corrected chi connectivity index (χ3v) is 1.65. The standard InChI is InChI=1S/C8H8N2O2/c1-5-3-4-9-6(2)7(5)8(11)10-12/h3-4H,1-2H3. The minimum atomic E-state index is -0.752. The van der Waals surface area contributed by atoms with Gasteiger partial charge in [0.1, 0.15) is 0 Å². The van der Waals surface area contributed by atoms with E-state index in [0.29, 0.717) is 11.3 Å². The molecule has 1 aromatic heterocycles. The summed E-state index contributed by atoms with van der Waals surface area (Å²) in [5.74, 6) is -0.752. The van der Waals surface area contributed by atoms with E-state index >= 15 is 0 Å². The lowest BCUT2D eigenvalue weighted by Gasteiger charge is -2.01. The Labute approximate surface area is 69.6 Å². The van der Waals surface area contributed by atoms with Gasteiger partial charge in [0.05, 0.1) is 11.3 Å². The number of rotatable bonds is 1. The van der Waals surface area contributed by atoms with Crippen molar-refractivity contribution in [2.24, 2.45) is 5.18 Å². The Kier molecular flexibility index (Phi) is 2.28. The zero-order chi connectivity index (χ0) is 9.14. The number of aryl methyl sites for hydroxylation is 2. The molecular formula is C8H8N2O2. The van der Waals surface area contributed by atoms with Gasteiger partial charge < -0.3 is 0 Å². The molecule has 0 atom stereocenters. The second-order valence-electron chi connectivity index (χ2n) is 2.48. The molecule has 0 fully saturated rings. The van der Waals surface area contributed by atoms with Crippen LogP contribution in [0.1, 0.15) is 21.6 Å². The van der Waals surface area contributed by atoms with Gasteiger partial charge in [-0.15, -0.1) is 4.91 Å². The maximum absolute atomic E-state index is 10.9. The first kappa shape index (κ1) is 8.52. The van der Waals surface area contributed by atoms with Gasteiger partial charge in [0.15, 0.2) is 0 Å². The van der Waals surface area contributed by atoms with Crippen LogP contribution in [0.3, 0.4) is 0 Å². The molecule has 0 N–H and O–H groups in total. The quantitative estimate of drug-likeness (QED) is 0.592. The van der Waals surface area contributed by atoms with Gasteiger partial charge in [0.25, 0.3) is 0 Å². The fourth-order valence-electron chi connectivity index (χ4n) is 1.06. The van der Waals surface area contributed by atoms with E-state index in [0.717, 1.165) is 5.56 Å². The third kappa shape index (κ3) is 1.37. The van der Waals surface area contributed by atoms with Crippen molar-refractivity contribution in [3.8, 4) is 0 Å². The van der Waals surface area contributed by atoms with Crippen LogP contribution in [0.2, 0.25) is 0 Å². The predicted octanol–water partition coefficient (Wildman–Crippen LogP) is 1.61. The van der Waals surface area contributed by atoms with Crippen molar-refractivity contribution in [3.63, 3.8) is 0 Å². The van der Waals surface area contributed by atoms with Crippen LogP contribution in [0.25, 0.3) is 0 Å². The molecule has 1 aromatic rings. The molecule has 62 valence electrons. The largest absolute Gasteiger partial charge is 0.318 e. The molecule has 0 aliphatic carbocycles. The summed E-state index contributed by atoms with van der Waals surface area (Å²) in [5, 5.41) is 2.35. The number of pyridine rings is 1. The van der Waals surface area contributed by atoms with Crippen LogP contribution >= 0.6 is 0 Å². The van der Waals surface area contributed by atoms with Crippen LogP contribution in [0.15, 0.2) is 17.4 Å². The van der Waals surface area contributed by atoms with E-state index in [1.807, 2.05) is 0 Å². The minimum absolute atomic E-state index is 0.313. The smallest absolute Gasteiger partial charge is 0.263 e. The molecular weight excluding hydrogens is 156 g/mol. The lowest BCUT2D eigenvalue weighted by molar-refractivity contribution is 0.0999. The first-order valence-electron chi connectivity index (χ1n) is 3.46. The SMILES string of the molecule is Cc1ccnc(C)c1C(=O)N=O. The van der Waals surface area contributed by atoms with Crippen LogP contribution in [0, 0.1) is 18.8 Å². The van der Waals surface area contributed by atoms with Crippen molar-refractivity contribution >= 4 is 5.91 Å². The lowest BCUT2D eigenvalue weighted by atomic mass is 10.1. The van der Waals surface area contributed by atoms with Crippen molar-refractivity contribution in [2.45, 2.75) is 13.8 Å². The van der Waals surface area contributed by atoms with Gasteiger partial charge in [-0.2, -0.15) is 0 Å². The molecule has 4 nitrogen and oxygen atoms in total. The summed E-state index contributed by atoms with van der Waals surface area (Å²) in [7, 11) is 0. The maximum Gasteiger partial charge on any atom is 0.318 e. The zero-order valence-corrected chi connectivity index (χ0v) is 6.87. The molecule has 0 radical (unpaired) electrons. The Morgan fingerprint density at radius 2 is 2.17 bits per heavy atom. The van der Waals surface area contributed by atoms with Crippen molar-refractivity contribution in [2.75, 3.05) is 0 Å². The molecule has 0 saturated heterocycles. The van der Waals surface area contributed by atoms with Crippen molar-refractivity contribution < 1.29 is 4.79 Å². The Morgan fingerprint density at radius 3 is 2.67 bits per heavy atom. The second-order valence-corrected chi connectivity index (χ2v) is 2.48. The monoisotopic (exact) mass is 164 g/mol. The summed E-state index contributed by atoms with van der Waals surface area (Å²) in [4.78, 5) is 24.8. The lowest BCUT2D eigenvalue weighted by Crippen LogP contribution is -2.02. The first-order valence-corrected chi connectivity index (χ1v) is 3.46. The Morgan fingerprint density at radius 1 is 1.50 bits per heavy atom. The van der Waals surface area contributed by atoms with E-state index in [9.17, 15) is 9.70 Å². The van der Waals surface area contributed by atoms with Crippen molar-refractivity contribution in [1.82, 2.24) is 4.98 Å². The van der Waals surface area contributed by atoms with Gasteiger partial charge in [-0.3, -0.25) is 9.78 Å². The Balaban J connectivity index is 3.30. The minimum Gasteiger partial charge on any atom is -0.263 e. The predicted molar refractivity (Wildman–Crippen MR) is 43.8 cm³/mol. The maximum atomic E-state index is 10.9. The molecule has 0 saturated carbocycles. The highest BCUT2D eigenvalue weighted by Crippen LogP contribution is 2.11. The fourth-order valence-corrected chi connectivity index (χ4v) is 1.06. The van der Waals surface area contributed by atoms with E-state index in [-0.39, 0.29) is 0 Å². The van der Waals surface area contributed by atoms with Gasteiger partial charge >= 0.3 is 5.91 Å². The molecule has 0 unspecified atom stereocenters. The number of hydrogen-bond donors (Lipinski definition) is 0. The molecule has 1 heterocycles. The number of nitroso groups, excluding NO2 is 1. The van der Waals surface area contributed by atoms with E-state index in [4.69, 9.17) is 0 Å². The summed E-state index contributed by atoms with van der Waals surface area (Å²) < 4.78 is 0. The number of aromatic nitrogens is 1. The number of amides is 1. The van der Waals surface area contributed by atoms with Gasteiger partial charge in [-0.1, -0.05) is 0 Å². The van der Waals surface area contributed by atoms with Crippen LogP contribution < -0.4 is 0 Å². The summed E-state index contributed by atoms with van der Waals surface area (Å²) >= 11 is 0. The van der Waals surface area contributed by atoms with Gasteiger partial charge in [-0.05, 0) is 25.5 Å². The molecule has 12 heavy (non-hydrogen) atoms. The number of carbonyl (C=O) groups is 1. The summed E-state index contributed by atoms with van der Waals surface area (Å²) in [6.45, 7) is 3.42. The van der Waals surface area contributed by atoms with Crippen LogP contribution in [0.5, 0.6) is 0 Å². The molecule has 0 aliphatic heterocycles. The summed E-state index contributed by atoms with van der Waals surface area (Å²) in [5.41, 5.74) is 1.58. The average Bonchev–Trinajstić information content (AvgIpc) is 2.03. The second kappa shape index (κ2) is 3.21. The van der Waals surface area contributed by atoms with E-state index in [2.05, 4.69) is 10.2 Å². The highest BCUT2D eigenvalue weighted by atomic mass is 16.3. The van der Waals surface area contributed by atoms with E-state index in [1.54, 1.807) is 26.1 Å². The van der Waals surface area contributed by atoms with Crippen LogP contribution in [-0.4, -0.2) is 10.9 Å². The van der Waals surface area contributed by atoms with Crippen molar-refractivity contribution in [1.29, 1.82) is 0 Å². The number of carbonyl (C=O) groups excluding carboxylic acids is 1. The third-order valence-electron chi connectivity index (χ3n) is 1.65. The highest BCUT2D eigenvalue weighted by Gasteiger charge is 2.12. The van der Waals surface area contributed by atoms with Gasteiger partial charge in [-0.25, -0.2) is 0 Å². The molecule has 0 spiro atoms. The average molecular weight is 164 g/mol. The van der Waals surface area contributed by atoms with Crippen LogP contribution in [0.4, 0.5) is 0 Å². The number of hydrogen-bond acceptors (Lipinski definition) is 3. The van der Waals surface area contributed by atoms with Gasteiger partial charge in [0, 0.05) is 11.4 Å². The van der Waals surface area contributed by atoms with Crippen LogP contribution in [-0.2, 0) is 0 Å². The normalized spacial score (nSPS) is 9.50. The molecule has 1 amide bonds. The number of nitrogens with zero attached hydrogens (tertiary/aromatic N) is 2. The zero-order valence-electron chi connectivity index (χ0n) is 6.87. The Hall–Kier alpha value is -1.58. The molecule has 4 heteroatoms. The fraction of sp³-hybridized carbons (Fsp3) is 0.250. The molecule has 0 aromatic carbocycles. The summed E-state index contributed by atoms with van der Waals surface area (Å²) in [6.07, 6.45) is 1.59. The topological polar surface area (TPSA) is 59.4 Å². The summed E-state index contributed by atoms with van der Waals surface area (Å²) in [6, 6.07) is 1.67. The van der Waals surface area contributed by atoms with E-state index in [1.165, 1.54) is 0 Å². The van der Waals surface area contributed by atoms with Crippen molar-refractivity contribution in [3.05, 3.63) is 34.0 Å². The molecule has 1 rings (SSSR count).